The second kappa shape index (κ2) is 8.34. The number of hydrogen-bond donors (Lipinski definition) is 1. The fraction of sp³-hybridized carbons (Fsp3) is 0.474. The molecule has 1 aliphatic rings. The monoisotopic (exact) mass is 344 g/mol. The lowest BCUT2D eigenvalue weighted by Crippen LogP contribution is -2.25. The number of anilines is 2. The smallest absolute Gasteiger partial charge is 0.134 e. The van der Waals surface area contributed by atoms with Gasteiger partial charge >= 0.3 is 0 Å². The molecule has 0 spiro atoms. The lowest BCUT2D eigenvalue weighted by molar-refractivity contribution is 0.726. The number of benzene rings is 1. The summed E-state index contributed by atoms with van der Waals surface area (Å²) in [5.74, 6) is 2.79. The summed E-state index contributed by atoms with van der Waals surface area (Å²) in [6.45, 7) is 5.00. The van der Waals surface area contributed by atoms with E-state index < -0.39 is 0 Å². The third-order valence-electron chi connectivity index (χ3n) is 4.39. The lowest BCUT2D eigenvalue weighted by atomic mass is 10.1. The molecule has 5 heteroatoms. The molecule has 1 N–H and O–H groups in total. The Morgan fingerprint density at radius 1 is 1.04 bits per heavy atom. The molecule has 1 aromatic heterocycles. The summed E-state index contributed by atoms with van der Waals surface area (Å²) in [4.78, 5) is 11.6. The lowest BCUT2D eigenvalue weighted by Gasteiger charge is -2.22. The molecule has 4 nitrogen and oxygen atoms in total. The van der Waals surface area contributed by atoms with Crippen molar-refractivity contribution in [3.05, 3.63) is 46.7 Å². The molecule has 2 heterocycles. The van der Waals surface area contributed by atoms with Crippen molar-refractivity contribution in [2.75, 3.05) is 29.9 Å². The molecule has 0 radical (unpaired) electrons. The summed E-state index contributed by atoms with van der Waals surface area (Å²) < 4.78 is 0. The van der Waals surface area contributed by atoms with E-state index in [9.17, 15) is 0 Å². The van der Waals surface area contributed by atoms with Gasteiger partial charge in [-0.2, -0.15) is 0 Å². The maximum atomic E-state index is 5.92. The molecule has 128 valence electrons. The number of aryl methyl sites for hydroxylation is 1. The highest BCUT2D eigenvalue weighted by Gasteiger charge is 2.12. The van der Waals surface area contributed by atoms with E-state index in [1.54, 1.807) is 0 Å². The van der Waals surface area contributed by atoms with Crippen LogP contribution in [0.5, 0.6) is 0 Å². The zero-order chi connectivity index (χ0) is 16.8. The molecule has 0 saturated carbocycles. The molecule has 3 rings (SSSR count). The van der Waals surface area contributed by atoms with Gasteiger partial charge in [-0.15, -0.1) is 0 Å². The van der Waals surface area contributed by atoms with Crippen LogP contribution in [0.4, 0.5) is 11.6 Å². The maximum Gasteiger partial charge on any atom is 0.134 e. The minimum Gasteiger partial charge on any atom is -0.370 e. The van der Waals surface area contributed by atoms with Gasteiger partial charge in [0.1, 0.15) is 17.5 Å². The molecule has 1 aliphatic heterocycles. The number of halogens is 1. The minimum atomic E-state index is 0.778. The standard InChI is InChI=1S/C19H25ClN4/c1-15-22-18(21-11-10-16-6-8-17(20)9-7-16)14-19(23-15)24-12-4-2-3-5-13-24/h6-9,14H,2-5,10-13H2,1H3,(H,21,22,23). The van der Waals surface area contributed by atoms with Crippen LogP contribution in [0, 0.1) is 6.92 Å². The average molecular weight is 345 g/mol. The summed E-state index contributed by atoms with van der Waals surface area (Å²) in [6.07, 6.45) is 6.10. The zero-order valence-corrected chi connectivity index (χ0v) is 15.0. The average Bonchev–Trinajstić information content (AvgIpc) is 2.86. The predicted octanol–water partition coefficient (Wildman–Crippen LogP) is 4.47. The Morgan fingerprint density at radius 3 is 2.46 bits per heavy atom. The van der Waals surface area contributed by atoms with Crippen molar-refractivity contribution in [2.45, 2.75) is 39.0 Å². The first-order chi connectivity index (χ1) is 11.7. The maximum absolute atomic E-state index is 5.92. The SMILES string of the molecule is Cc1nc(NCCc2ccc(Cl)cc2)cc(N2CCCCCC2)n1. The van der Waals surface area contributed by atoms with E-state index >= 15 is 0 Å². The second-order valence-electron chi connectivity index (χ2n) is 6.36. The first kappa shape index (κ1) is 17.0. The van der Waals surface area contributed by atoms with Crippen LogP contribution in [0.3, 0.4) is 0 Å². The van der Waals surface area contributed by atoms with E-state index in [-0.39, 0.29) is 0 Å². The van der Waals surface area contributed by atoms with Crippen molar-refractivity contribution in [1.82, 2.24) is 9.97 Å². The van der Waals surface area contributed by atoms with Crippen LogP contribution in [0.25, 0.3) is 0 Å². The molecule has 0 unspecified atom stereocenters. The number of rotatable bonds is 5. The fourth-order valence-corrected chi connectivity index (χ4v) is 3.22. The van der Waals surface area contributed by atoms with E-state index in [1.807, 2.05) is 19.1 Å². The topological polar surface area (TPSA) is 41.1 Å². The van der Waals surface area contributed by atoms with Gasteiger partial charge in [0.15, 0.2) is 0 Å². The zero-order valence-electron chi connectivity index (χ0n) is 14.3. The van der Waals surface area contributed by atoms with Gasteiger partial charge in [-0.1, -0.05) is 36.6 Å². The van der Waals surface area contributed by atoms with Gasteiger partial charge in [0.2, 0.25) is 0 Å². The van der Waals surface area contributed by atoms with Gasteiger partial charge in [0.05, 0.1) is 0 Å². The van der Waals surface area contributed by atoms with Crippen molar-refractivity contribution < 1.29 is 0 Å². The van der Waals surface area contributed by atoms with E-state index in [0.29, 0.717) is 0 Å². The van der Waals surface area contributed by atoms with Crippen LogP contribution in [0.1, 0.15) is 37.1 Å². The van der Waals surface area contributed by atoms with Gasteiger partial charge in [-0.3, -0.25) is 0 Å². The van der Waals surface area contributed by atoms with Crippen LogP contribution in [0.2, 0.25) is 5.02 Å². The molecule has 1 saturated heterocycles. The normalized spacial score (nSPS) is 15.2. The molecule has 0 bridgehead atoms. The summed E-state index contributed by atoms with van der Waals surface area (Å²) in [5.41, 5.74) is 1.27. The molecule has 0 aliphatic carbocycles. The fourth-order valence-electron chi connectivity index (χ4n) is 3.09. The number of nitrogens with zero attached hydrogens (tertiary/aromatic N) is 3. The van der Waals surface area contributed by atoms with Gasteiger partial charge in [-0.05, 0) is 43.9 Å². The van der Waals surface area contributed by atoms with Gasteiger partial charge < -0.3 is 10.2 Å². The number of aromatic nitrogens is 2. The van der Waals surface area contributed by atoms with Crippen molar-refractivity contribution in [1.29, 1.82) is 0 Å². The molecular formula is C19H25ClN4. The largest absolute Gasteiger partial charge is 0.370 e. The van der Waals surface area contributed by atoms with Crippen LogP contribution < -0.4 is 10.2 Å². The molecular weight excluding hydrogens is 320 g/mol. The first-order valence-corrected chi connectivity index (χ1v) is 9.17. The van der Waals surface area contributed by atoms with Crippen LogP contribution >= 0.6 is 11.6 Å². The molecule has 0 atom stereocenters. The minimum absolute atomic E-state index is 0.778. The highest BCUT2D eigenvalue weighted by Crippen LogP contribution is 2.20. The third-order valence-corrected chi connectivity index (χ3v) is 4.64. The molecule has 24 heavy (non-hydrogen) atoms. The van der Waals surface area contributed by atoms with E-state index in [4.69, 9.17) is 11.6 Å². The third kappa shape index (κ3) is 4.84. The van der Waals surface area contributed by atoms with Gasteiger partial charge in [-0.25, -0.2) is 9.97 Å². The number of nitrogens with one attached hydrogen (secondary N) is 1. The Labute approximate surface area is 149 Å². The highest BCUT2D eigenvalue weighted by atomic mass is 35.5. The quantitative estimate of drug-likeness (QED) is 0.868. The van der Waals surface area contributed by atoms with Crippen molar-refractivity contribution >= 4 is 23.2 Å². The van der Waals surface area contributed by atoms with Crippen molar-refractivity contribution in [3.63, 3.8) is 0 Å². The Bertz CT molecular complexity index is 649. The van der Waals surface area contributed by atoms with E-state index in [0.717, 1.165) is 48.5 Å². The van der Waals surface area contributed by atoms with Gasteiger partial charge in [0, 0.05) is 30.7 Å². The Kier molecular flexibility index (Phi) is 5.91. The highest BCUT2D eigenvalue weighted by molar-refractivity contribution is 6.30. The van der Waals surface area contributed by atoms with E-state index in [1.165, 1.54) is 31.2 Å². The summed E-state index contributed by atoms with van der Waals surface area (Å²) in [7, 11) is 0. The van der Waals surface area contributed by atoms with Gasteiger partial charge in [0.25, 0.3) is 0 Å². The molecule has 1 fully saturated rings. The van der Waals surface area contributed by atoms with Crippen LogP contribution in [-0.2, 0) is 6.42 Å². The Balaban J connectivity index is 1.61. The summed E-state index contributed by atoms with van der Waals surface area (Å²) in [5, 5.41) is 4.21. The van der Waals surface area contributed by atoms with Crippen LogP contribution in [-0.4, -0.2) is 29.6 Å². The van der Waals surface area contributed by atoms with Crippen LogP contribution in [0.15, 0.2) is 30.3 Å². The second-order valence-corrected chi connectivity index (χ2v) is 6.80. The molecule has 1 aromatic carbocycles. The Morgan fingerprint density at radius 2 is 1.75 bits per heavy atom. The molecule has 0 amide bonds. The molecule has 2 aromatic rings. The number of hydrogen-bond acceptors (Lipinski definition) is 4. The van der Waals surface area contributed by atoms with Crippen molar-refractivity contribution in [3.8, 4) is 0 Å². The summed E-state index contributed by atoms with van der Waals surface area (Å²) >= 11 is 5.92. The first-order valence-electron chi connectivity index (χ1n) is 8.80. The Hall–Kier alpha value is -1.81. The summed E-state index contributed by atoms with van der Waals surface area (Å²) in [6, 6.07) is 10.1. The van der Waals surface area contributed by atoms with Crippen molar-refractivity contribution in [2.24, 2.45) is 0 Å². The predicted molar refractivity (Wildman–Crippen MR) is 101 cm³/mol. The van der Waals surface area contributed by atoms with E-state index in [2.05, 4.69) is 38.4 Å².